The number of pyridine rings is 2. The predicted octanol–water partition coefficient (Wildman–Crippen LogP) is 2.43. The van der Waals surface area contributed by atoms with Crippen molar-refractivity contribution >= 4 is 17.0 Å². The van der Waals surface area contributed by atoms with E-state index in [0.717, 1.165) is 35.1 Å². The Morgan fingerprint density at radius 1 is 1.44 bits per heavy atom. The number of carbonyl (C=O) groups is 1. The van der Waals surface area contributed by atoms with E-state index in [-0.39, 0.29) is 5.97 Å². The van der Waals surface area contributed by atoms with E-state index in [1.165, 1.54) is 7.11 Å². The van der Waals surface area contributed by atoms with E-state index in [4.69, 9.17) is 0 Å². The fraction of sp³-hybridized carbons (Fsp3) is 0.357. The summed E-state index contributed by atoms with van der Waals surface area (Å²) in [6.45, 7) is 2.03. The zero-order chi connectivity index (χ0) is 13.0. The van der Waals surface area contributed by atoms with E-state index in [1.54, 1.807) is 6.20 Å². The second-order valence-electron chi connectivity index (χ2n) is 4.23. The molecule has 2 heterocycles. The van der Waals surface area contributed by atoms with Gasteiger partial charge in [-0.25, -0.2) is 9.97 Å². The summed E-state index contributed by atoms with van der Waals surface area (Å²) in [7, 11) is 1.41. The number of rotatable bonds is 4. The Morgan fingerprint density at radius 3 is 3.06 bits per heavy atom. The Kier molecular flexibility index (Phi) is 3.87. The zero-order valence-corrected chi connectivity index (χ0v) is 10.6. The molecule has 0 atom stereocenters. The van der Waals surface area contributed by atoms with Gasteiger partial charge in [-0.1, -0.05) is 0 Å². The van der Waals surface area contributed by atoms with Crippen LogP contribution in [-0.4, -0.2) is 23.0 Å². The van der Waals surface area contributed by atoms with Gasteiger partial charge in [0.2, 0.25) is 0 Å². The molecule has 0 aliphatic heterocycles. The highest BCUT2D eigenvalue weighted by Gasteiger charge is 2.06. The van der Waals surface area contributed by atoms with E-state index >= 15 is 0 Å². The number of aromatic nitrogens is 2. The third kappa shape index (κ3) is 2.83. The van der Waals surface area contributed by atoms with Gasteiger partial charge < -0.3 is 4.74 Å². The fourth-order valence-electron chi connectivity index (χ4n) is 1.90. The lowest BCUT2D eigenvalue weighted by Crippen LogP contribution is -2.02. The molecule has 0 amide bonds. The topological polar surface area (TPSA) is 52.1 Å². The number of fused-ring (bicyclic) bond motifs is 1. The first-order valence-electron chi connectivity index (χ1n) is 5.99. The zero-order valence-electron chi connectivity index (χ0n) is 10.6. The van der Waals surface area contributed by atoms with E-state index in [1.807, 2.05) is 19.1 Å². The van der Waals surface area contributed by atoms with Crippen LogP contribution in [0, 0.1) is 6.92 Å². The molecule has 0 radical (unpaired) electrons. The van der Waals surface area contributed by atoms with Crippen LogP contribution in [0.5, 0.6) is 0 Å². The molecule has 0 saturated carbocycles. The van der Waals surface area contributed by atoms with Crippen molar-refractivity contribution < 1.29 is 9.53 Å². The number of hydrogen-bond donors (Lipinski definition) is 0. The molecule has 2 rings (SSSR count). The van der Waals surface area contributed by atoms with Crippen LogP contribution in [0.2, 0.25) is 0 Å². The van der Waals surface area contributed by atoms with E-state index < -0.39 is 0 Å². The Hall–Kier alpha value is -1.97. The van der Waals surface area contributed by atoms with Gasteiger partial charge in [0.25, 0.3) is 0 Å². The van der Waals surface area contributed by atoms with Crippen molar-refractivity contribution in [3.63, 3.8) is 0 Å². The smallest absolute Gasteiger partial charge is 0.305 e. The number of nitrogens with zero attached hydrogens (tertiary/aromatic N) is 2. The van der Waals surface area contributed by atoms with Gasteiger partial charge in [0, 0.05) is 23.7 Å². The summed E-state index contributed by atoms with van der Waals surface area (Å²) in [6, 6.07) is 5.99. The summed E-state index contributed by atoms with van der Waals surface area (Å²) >= 11 is 0. The third-order valence-corrected chi connectivity index (χ3v) is 2.91. The Labute approximate surface area is 106 Å². The highest BCUT2D eigenvalue weighted by atomic mass is 16.5. The van der Waals surface area contributed by atoms with Crippen LogP contribution in [-0.2, 0) is 16.0 Å². The van der Waals surface area contributed by atoms with Crippen molar-refractivity contribution in [2.75, 3.05) is 7.11 Å². The van der Waals surface area contributed by atoms with Gasteiger partial charge in [-0.15, -0.1) is 0 Å². The largest absolute Gasteiger partial charge is 0.469 e. The molecule has 0 bridgehead atoms. The second-order valence-corrected chi connectivity index (χ2v) is 4.23. The van der Waals surface area contributed by atoms with Crippen LogP contribution in [0.15, 0.2) is 24.4 Å². The molecule has 0 fully saturated rings. The normalized spacial score (nSPS) is 10.6. The molecule has 18 heavy (non-hydrogen) atoms. The first-order chi connectivity index (χ1) is 8.70. The maximum Gasteiger partial charge on any atom is 0.305 e. The molecule has 4 heteroatoms. The minimum atomic E-state index is -0.174. The molecule has 0 aliphatic carbocycles. The van der Waals surface area contributed by atoms with E-state index in [9.17, 15) is 4.79 Å². The van der Waals surface area contributed by atoms with Crippen LogP contribution >= 0.6 is 0 Å². The van der Waals surface area contributed by atoms with Gasteiger partial charge in [-0.2, -0.15) is 0 Å². The third-order valence-electron chi connectivity index (χ3n) is 2.91. The Balaban J connectivity index is 2.13. The molecular formula is C14H16N2O2. The number of methoxy groups -OCH3 is 1. The maximum absolute atomic E-state index is 11.0. The first-order valence-corrected chi connectivity index (χ1v) is 5.99. The van der Waals surface area contributed by atoms with Crippen LogP contribution in [0.1, 0.15) is 24.1 Å². The van der Waals surface area contributed by atoms with Gasteiger partial charge in [-0.3, -0.25) is 4.79 Å². The van der Waals surface area contributed by atoms with Crippen molar-refractivity contribution in [1.29, 1.82) is 0 Å². The summed E-state index contributed by atoms with van der Waals surface area (Å²) in [5, 5.41) is 1.05. The van der Waals surface area contributed by atoms with Crippen LogP contribution in [0.3, 0.4) is 0 Å². The molecule has 0 saturated heterocycles. The molecule has 0 unspecified atom stereocenters. The van der Waals surface area contributed by atoms with Gasteiger partial charge in [-0.05, 0) is 43.5 Å². The summed E-state index contributed by atoms with van der Waals surface area (Å²) < 4.78 is 4.62. The molecule has 4 nitrogen and oxygen atoms in total. The lowest BCUT2D eigenvalue weighted by atomic mass is 10.1. The van der Waals surface area contributed by atoms with Gasteiger partial charge in [0.05, 0.1) is 7.11 Å². The molecule has 0 spiro atoms. The van der Waals surface area contributed by atoms with Crippen molar-refractivity contribution in [2.45, 2.75) is 26.2 Å². The highest BCUT2D eigenvalue weighted by Crippen LogP contribution is 2.15. The summed E-state index contributed by atoms with van der Waals surface area (Å²) in [4.78, 5) is 19.8. The van der Waals surface area contributed by atoms with Crippen molar-refractivity contribution in [2.24, 2.45) is 0 Å². The molecule has 0 aromatic carbocycles. The molecular weight excluding hydrogens is 228 g/mol. The van der Waals surface area contributed by atoms with Crippen LogP contribution in [0.4, 0.5) is 0 Å². The molecule has 94 valence electrons. The minimum Gasteiger partial charge on any atom is -0.469 e. The number of carbonyl (C=O) groups excluding carboxylic acids is 1. The van der Waals surface area contributed by atoms with Gasteiger partial charge in [0.1, 0.15) is 0 Å². The van der Waals surface area contributed by atoms with Crippen molar-refractivity contribution in [1.82, 2.24) is 9.97 Å². The SMILES string of the molecule is COC(=O)CCCc1nc2ncccc2cc1C. The first kappa shape index (κ1) is 12.5. The Morgan fingerprint density at radius 2 is 2.28 bits per heavy atom. The molecule has 2 aromatic heterocycles. The van der Waals surface area contributed by atoms with Crippen molar-refractivity contribution in [3.8, 4) is 0 Å². The minimum absolute atomic E-state index is 0.174. The predicted molar refractivity (Wildman–Crippen MR) is 69.2 cm³/mol. The average Bonchev–Trinajstić information content (AvgIpc) is 2.39. The molecule has 0 N–H and O–H groups in total. The quantitative estimate of drug-likeness (QED) is 0.775. The summed E-state index contributed by atoms with van der Waals surface area (Å²) in [5.74, 6) is -0.174. The number of ether oxygens (including phenoxy) is 1. The Bertz CT molecular complexity index is 567. The average molecular weight is 244 g/mol. The molecule has 0 aliphatic rings. The van der Waals surface area contributed by atoms with Crippen LogP contribution in [0.25, 0.3) is 11.0 Å². The van der Waals surface area contributed by atoms with Crippen LogP contribution < -0.4 is 0 Å². The second kappa shape index (κ2) is 5.58. The standard InChI is InChI=1S/C14H16N2O2/c1-10-9-11-5-4-8-15-14(11)16-12(10)6-3-7-13(17)18-2/h4-5,8-9H,3,6-7H2,1-2H3. The lowest BCUT2D eigenvalue weighted by Gasteiger charge is -2.06. The maximum atomic E-state index is 11.0. The summed E-state index contributed by atoms with van der Waals surface area (Å²) in [6.07, 6.45) is 3.69. The van der Waals surface area contributed by atoms with Gasteiger partial charge >= 0.3 is 5.97 Å². The van der Waals surface area contributed by atoms with Crippen molar-refractivity contribution in [3.05, 3.63) is 35.7 Å². The molecule has 2 aromatic rings. The number of esters is 1. The van der Waals surface area contributed by atoms with Gasteiger partial charge in [0.15, 0.2) is 5.65 Å². The number of hydrogen-bond acceptors (Lipinski definition) is 4. The number of aryl methyl sites for hydroxylation is 2. The van der Waals surface area contributed by atoms with E-state index in [0.29, 0.717) is 6.42 Å². The summed E-state index contributed by atoms with van der Waals surface area (Å²) in [5.41, 5.74) is 2.90. The van der Waals surface area contributed by atoms with E-state index in [2.05, 4.69) is 20.8 Å². The fourth-order valence-corrected chi connectivity index (χ4v) is 1.90. The lowest BCUT2D eigenvalue weighted by molar-refractivity contribution is -0.140. The monoisotopic (exact) mass is 244 g/mol. The highest BCUT2D eigenvalue weighted by molar-refractivity contribution is 5.75.